The van der Waals surface area contributed by atoms with E-state index in [-0.39, 0.29) is 29.4 Å². The van der Waals surface area contributed by atoms with E-state index in [1.165, 1.54) is 25.7 Å². The van der Waals surface area contributed by atoms with Gasteiger partial charge in [0, 0.05) is 23.8 Å². The molecule has 1 heterocycles. The van der Waals surface area contributed by atoms with E-state index in [2.05, 4.69) is 47.6 Å². The molecule has 0 radical (unpaired) electrons. The first-order valence-corrected chi connectivity index (χ1v) is 9.66. The van der Waals surface area contributed by atoms with Crippen molar-refractivity contribution in [2.45, 2.75) is 69.7 Å². The van der Waals surface area contributed by atoms with Crippen LogP contribution in [0.5, 0.6) is 0 Å². The van der Waals surface area contributed by atoms with Gasteiger partial charge < -0.3 is 15.1 Å². The van der Waals surface area contributed by atoms with Gasteiger partial charge in [0.05, 0.1) is 12.7 Å². The molecule has 138 valence electrons. The highest BCUT2D eigenvalue weighted by Gasteiger charge is 2.22. The number of thioether (sulfide) groups is 1. The molecular formula is C17H31IN4OS. The summed E-state index contributed by atoms with van der Waals surface area (Å²) in [4.78, 5) is 8.67. The van der Waals surface area contributed by atoms with E-state index >= 15 is 0 Å². The van der Waals surface area contributed by atoms with E-state index in [1.54, 1.807) is 7.05 Å². The SMILES string of the molecule is CN=C(NCc1ncc(C(C)(C)C)o1)NC1CCCC(SC)C1.I. The lowest BCUT2D eigenvalue weighted by Gasteiger charge is -2.29. The van der Waals surface area contributed by atoms with Crippen molar-refractivity contribution in [3.63, 3.8) is 0 Å². The summed E-state index contributed by atoms with van der Waals surface area (Å²) in [6.07, 6.45) is 9.05. The van der Waals surface area contributed by atoms with Crippen LogP contribution in [-0.4, -0.2) is 35.5 Å². The fraction of sp³-hybridized carbons (Fsp3) is 0.765. The Bertz CT molecular complexity index is 527. The Balaban J connectivity index is 0.00000288. The van der Waals surface area contributed by atoms with Gasteiger partial charge in [0.1, 0.15) is 5.76 Å². The molecule has 0 spiro atoms. The second-order valence-corrected chi connectivity index (χ2v) is 8.30. The van der Waals surface area contributed by atoms with Crippen LogP contribution >= 0.6 is 35.7 Å². The lowest BCUT2D eigenvalue weighted by molar-refractivity contribution is 0.378. The minimum Gasteiger partial charge on any atom is -0.443 e. The summed E-state index contributed by atoms with van der Waals surface area (Å²) < 4.78 is 5.81. The number of hydrogen-bond acceptors (Lipinski definition) is 4. The normalized spacial score (nSPS) is 22.0. The monoisotopic (exact) mass is 466 g/mol. The number of aliphatic imine (C=N–C) groups is 1. The highest BCUT2D eigenvalue weighted by Crippen LogP contribution is 2.27. The molecule has 2 unspecified atom stereocenters. The van der Waals surface area contributed by atoms with Crippen LogP contribution in [0.25, 0.3) is 0 Å². The predicted octanol–water partition coefficient (Wildman–Crippen LogP) is 3.93. The maximum absolute atomic E-state index is 5.81. The maximum atomic E-state index is 5.81. The molecule has 5 nitrogen and oxygen atoms in total. The third kappa shape index (κ3) is 6.46. The first-order chi connectivity index (χ1) is 10.9. The Morgan fingerprint density at radius 2 is 2.17 bits per heavy atom. The Kier molecular flexibility index (Phi) is 8.90. The smallest absolute Gasteiger partial charge is 0.213 e. The fourth-order valence-corrected chi connectivity index (χ4v) is 3.60. The average Bonchev–Trinajstić information content (AvgIpc) is 3.00. The predicted molar refractivity (Wildman–Crippen MR) is 114 cm³/mol. The van der Waals surface area contributed by atoms with E-state index in [1.807, 2.05) is 18.0 Å². The molecule has 1 aromatic rings. The molecule has 0 bridgehead atoms. The Morgan fingerprint density at radius 3 is 2.75 bits per heavy atom. The first kappa shape index (κ1) is 21.6. The van der Waals surface area contributed by atoms with Crippen LogP contribution in [0.1, 0.15) is 58.1 Å². The van der Waals surface area contributed by atoms with Crippen LogP contribution in [0.15, 0.2) is 15.6 Å². The van der Waals surface area contributed by atoms with E-state index < -0.39 is 0 Å². The first-order valence-electron chi connectivity index (χ1n) is 8.37. The van der Waals surface area contributed by atoms with E-state index in [4.69, 9.17) is 4.42 Å². The summed E-state index contributed by atoms with van der Waals surface area (Å²) in [7, 11) is 1.81. The van der Waals surface area contributed by atoms with Gasteiger partial charge in [0.2, 0.25) is 5.89 Å². The van der Waals surface area contributed by atoms with Crippen molar-refractivity contribution in [1.82, 2.24) is 15.6 Å². The Labute approximate surface area is 167 Å². The summed E-state index contributed by atoms with van der Waals surface area (Å²) in [5.41, 5.74) is -0.0138. The molecule has 0 aliphatic heterocycles. The number of halogens is 1. The van der Waals surface area contributed by atoms with Crippen LogP contribution in [-0.2, 0) is 12.0 Å². The third-order valence-corrected chi connectivity index (χ3v) is 5.32. The molecule has 7 heteroatoms. The molecule has 1 aromatic heterocycles. The molecule has 0 saturated heterocycles. The number of aromatic nitrogens is 1. The van der Waals surface area contributed by atoms with E-state index in [9.17, 15) is 0 Å². The summed E-state index contributed by atoms with van der Waals surface area (Å²) in [6, 6.07) is 0.502. The van der Waals surface area contributed by atoms with Gasteiger partial charge in [-0.2, -0.15) is 11.8 Å². The van der Waals surface area contributed by atoms with E-state index in [0.717, 1.165) is 17.0 Å². The summed E-state index contributed by atoms with van der Waals surface area (Å²) in [5, 5.41) is 7.60. The molecule has 0 amide bonds. The van der Waals surface area contributed by atoms with Crippen molar-refractivity contribution >= 4 is 41.7 Å². The van der Waals surface area contributed by atoms with Crippen LogP contribution in [0.2, 0.25) is 0 Å². The molecule has 1 aliphatic carbocycles. The lowest BCUT2D eigenvalue weighted by Crippen LogP contribution is -2.45. The average molecular weight is 466 g/mol. The maximum Gasteiger partial charge on any atom is 0.213 e. The third-order valence-electron chi connectivity index (χ3n) is 4.22. The van der Waals surface area contributed by atoms with Crippen molar-refractivity contribution < 1.29 is 4.42 Å². The lowest BCUT2D eigenvalue weighted by atomic mass is 9.94. The van der Waals surface area contributed by atoms with Crippen LogP contribution in [0.3, 0.4) is 0 Å². The minimum absolute atomic E-state index is 0. The zero-order valence-corrected chi connectivity index (χ0v) is 18.5. The number of rotatable bonds is 4. The molecule has 1 saturated carbocycles. The summed E-state index contributed by atoms with van der Waals surface area (Å²) in [6.45, 7) is 6.91. The van der Waals surface area contributed by atoms with Gasteiger partial charge in [-0.15, -0.1) is 24.0 Å². The zero-order valence-electron chi connectivity index (χ0n) is 15.4. The van der Waals surface area contributed by atoms with Crippen molar-refractivity contribution in [3.8, 4) is 0 Å². The van der Waals surface area contributed by atoms with Gasteiger partial charge in [-0.25, -0.2) is 4.98 Å². The standard InChI is InChI=1S/C17H30N4OS.HI/c1-17(2,3)14-10-19-15(22-14)11-20-16(18-4)21-12-7-6-8-13(9-12)23-5;/h10,12-13H,6-9,11H2,1-5H3,(H2,18,20,21);1H. The van der Waals surface area contributed by atoms with Gasteiger partial charge in [-0.3, -0.25) is 4.99 Å². The fourth-order valence-electron chi connectivity index (χ4n) is 2.78. The molecule has 2 rings (SSSR count). The molecule has 2 N–H and O–H groups in total. The minimum atomic E-state index is -0.0138. The van der Waals surface area contributed by atoms with Gasteiger partial charge >= 0.3 is 0 Å². The van der Waals surface area contributed by atoms with Crippen molar-refractivity contribution in [3.05, 3.63) is 17.8 Å². The second kappa shape index (κ2) is 9.89. The molecule has 1 fully saturated rings. The number of oxazole rings is 1. The molecule has 0 aromatic carbocycles. The summed E-state index contributed by atoms with van der Waals surface area (Å²) in [5.74, 6) is 2.43. The summed E-state index contributed by atoms with van der Waals surface area (Å²) >= 11 is 1.97. The van der Waals surface area contributed by atoms with Crippen molar-refractivity contribution in [2.24, 2.45) is 4.99 Å². The highest BCUT2D eigenvalue weighted by molar-refractivity contribution is 14.0. The number of guanidine groups is 1. The topological polar surface area (TPSA) is 62.5 Å². The van der Waals surface area contributed by atoms with Gasteiger partial charge in [-0.05, 0) is 25.5 Å². The Morgan fingerprint density at radius 1 is 1.42 bits per heavy atom. The highest BCUT2D eigenvalue weighted by atomic mass is 127. The zero-order chi connectivity index (χ0) is 16.9. The van der Waals surface area contributed by atoms with Crippen LogP contribution in [0.4, 0.5) is 0 Å². The van der Waals surface area contributed by atoms with Gasteiger partial charge in [0.25, 0.3) is 0 Å². The van der Waals surface area contributed by atoms with Crippen LogP contribution < -0.4 is 10.6 Å². The van der Waals surface area contributed by atoms with Crippen molar-refractivity contribution in [1.29, 1.82) is 0 Å². The number of nitrogens with one attached hydrogen (secondary N) is 2. The second-order valence-electron chi connectivity index (χ2n) is 7.16. The van der Waals surface area contributed by atoms with Gasteiger partial charge in [-0.1, -0.05) is 27.2 Å². The molecule has 2 atom stereocenters. The quantitative estimate of drug-likeness (QED) is 0.400. The Hall–Kier alpha value is -0.440. The van der Waals surface area contributed by atoms with Crippen molar-refractivity contribution in [2.75, 3.05) is 13.3 Å². The van der Waals surface area contributed by atoms with E-state index in [0.29, 0.717) is 18.5 Å². The molecule has 24 heavy (non-hydrogen) atoms. The van der Waals surface area contributed by atoms with Gasteiger partial charge in [0.15, 0.2) is 5.96 Å². The number of hydrogen-bond donors (Lipinski definition) is 2. The largest absolute Gasteiger partial charge is 0.443 e. The molecular weight excluding hydrogens is 435 g/mol. The molecule has 1 aliphatic rings. The number of nitrogens with zero attached hydrogens (tertiary/aromatic N) is 2. The van der Waals surface area contributed by atoms with Crippen LogP contribution in [0, 0.1) is 0 Å².